The molecule has 2 aromatic carbocycles. The molecule has 1 aromatic heterocycles. The number of cyclic esters (lactones) is 1. The van der Waals surface area contributed by atoms with E-state index in [4.69, 9.17) is 4.74 Å². The van der Waals surface area contributed by atoms with Crippen molar-refractivity contribution in [2.24, 2.45) is 0 Å². The monoisotopic (exact) mass is 468 g/mol. The third kappa shape index (κ3) is 4.41. The number of anilines is 2. The Morgan fingerprint density at radius 2 is 1.82 bits per heavy atom. The van der Waals surface area contributed by atoms with Crippen LogP contribution < -0.4 is 9.80 Å². The van der Waals surface area contributed by atoms with Gasteiger partial charge in [0.25, 0.3) is 5.91 Å². The Morgan fingerprint density at radius 3 is 2.50 bits per heavy atom. The van der Waals surface area contributed by atoms with Crippen LogP contribution in [0.3, 0.4) is 0 Å². The number of amides is 2. The molecule has 1 atom stereocenters. The maximum absolute atomic E-state index is 15.0. The summed E-state index contributed by atoms with van der Waals surface area (Å²) in [5.41, 5.74) is 1.24. The van der Waals surface area contributed by atoms with Crippen LogP contribution in [0.15, 0.2) is 54.9 Å². The third-order valence-electron chi connectivity index (χ3n) is 5.98. The smallest absolute Gasteiger partial charge is 0.414 e. The second-order valence-corrected chi connectivity index (χ2v) is 8.16. The largest absolute Gasteiger partial charge is 0.442 e. The Morgan fingerprint density at radius 1 is 1.06 bits per heavy atom. The van der Waals surface area contributed by atoms with E-state index in [-0.39, 0.29) is 12.5 Å². The molecule has 0 spiro atoms. The molecule has 0 bridgehead atoms. The Hall–Kier alpha value is -4.02. The lowest BCUT2D eigenvalue weighted by Gasteiger charge is -2.36. The van der Waals surface area contributed by atoms with Crippen LogP contribution in [0.2, 0.25) is 0 Å². The molecule has 2 amide bonds. The van der Waals surface area contributed by atoms with Crippen molar-refractivity contribution in [1.82, 2.24) is 19.9 Å². The van der Waals surface area contributed by atoms with E-state index < -0.39 is 23.8 Å². The molecule has 5 rings (SSSR count). The summed E-state index contributed by atoms with van der Waals surface area (Å²) in [6.07, 6.45) is 2.27. The van der Waals surface area contributed by atoms with Gasteiger partial charge < -0.3 is 14.5 Å². The van der Waals surface area contributed by atoms with Crippen LogP contribution in [0.1, 0.15) is 10.4 Å². The van der Waals surface area contributed by atoms with E-state index in [1.165, 1.54) is 35.2 Å². The molecular formula is C23H22F2N6O3. The average Bonchev–Trinajstić information content (AvgIpc) is 3.49. The van der Waals surface area contributed by atoms with Gasteiger partial charge in [-0.25, -0.2) is 18.3 Å². The van der Waals surface area contributed by atoms with Crippen molar-refractivity contribution in [3.63, 3.8) is 0 Å². The standard InChI is InChI=1S/C23H22F2N6O3/c24-17-3-1-16(2-4-17)22(32)29-11-9-28(10-12-29)21-6-5-18(13-20(21)25)31-15-19(34-23(31)33)14-30-8-7-26-27-30/h1-8,13,19H,9-12,14-15H2/t19-/m0/s1. The van der Waals surface area contributed by atoms with E-state index in [0.29, 0.717) is 49.7 Å². The molecule has 176 valence electrons. The van der Waals surface area contributed by atoms with Crippen molar-refractivity contribution in [1.29, 1.82) is 0 Å². The molecule has 0 aliphatic carbocycles. The first-order valence-electron chi connectivity index (χ1n) is 10.9. The summed E-state index contributed by atoms with van der Waals surface area (Å²) < 4.78 is 35.1. The molecule has 0 unspecified atom stereocenters. The van der Waals surface area contributed by atoms with Gasteiger partial charge in [0.2, 0.25) is 0 Å². The first-order valence-corrected chi connectivity index (χ1v) is 10.9. The quantitative estimate of drug-likeness (QED) is 0.572. The zero-order valence-electron chi connectivity index (χ0n) is 18.2. The van der Waals surface area contributed by atoms with E-state index in [2.05, 4.69) is 10.3 Å². The zero-order valence-corrected chi connectivity index (χ0v) is 18.2. The van der Waals surface area contributed by atoms with Gasteiger partial charge in [0.15, 0.2) is 0 Å². The van der Waals surface area contributed by atoms with Gasteiger partial charge in [0.1, 0.15) is 17.7 Å². The molecule has 2 saturated heterocycles. The number of carbonyl (C=O) groups is 2. The number of rotatable bonds is 5. The molecule has 3 heterocycles. The van der Waals surface area contributed by atoms with Crippen molar-refractivity contribution in [3.8, 4) is 0 Å². The number of benzene rings is 2. The van der Waals surface area contributed by atoms with Crippen molar-refractivity contribution < 1.29 is 23.1 Å². The Kier molecular flexibility index (Phi) is 5.83. The zero-order chi connectivity index (χ0) is 23.7. The number of carbonyl (C=O) groups excluding carboxylic acids is 2. The molecular weight excluding hydrogens is 446 g/mol. The molecule has 2 aliphatic heterocycles. The van der Waals surface area contributed by atoms with Crippen LogP contribution in [0.4, 0.5) is 25.0 Å². The van der Waals surface area contributed by atoms with Crippen molar-refractivity contribution in [2.75, 3.05) is 42.5 Å². The molecule has 11 heteroatoms. The summed E-state index contributed by atoms with van der Waals surface area (Å²) in [4.78, 5) is 29.9. The minimum atomic E-state index is -0.537. The van der Waals surface area contributed by atoms with Crippen molar-refractivity contribution in [3.05, 3.63) is 72.1 Å². The SMILES string of the molecule is O=C(c1ccc(F)cc1)N1CCN(c2ccc(N3C[C@H](Cn4ccnn4)OC3=O)cc2F)CC1. The molecule has 2 fully saturated rings. The van der Waals surface area contributed by atoms with Crippen LogP contribution in [-0.2, 0) is 11.3 Å². The summed E-state index contributed by atoms with van der Waals surface area (Å²) in [7, 11) is 0. The molecule has 3 aromatic rings. The van der Waals surface area contributed by atoms with Crippen LogP contribution in [0, 0.1) is 11.6 Å². The van der Waals surface area contributed by atoms with E-state index in [1.54, 1.807) is 34.1 Å². The van der Waals surface area contributed by atoms with Crippen LogP contribution in [0.5, 0.6) is 0 Å². The fraction of sp³-hybridized carbons (Fsp3) is 0.304. The minimum absolute atomic E-state index is 0.177. The van der Waals surface area contributed by atoms with Gasteiger partial charge in [-0.05, 0) is 42.5 Å². The van der Waals surface area contributed by atoms with Gasteiger partial charge >= 0.3 is 6.09 Å². The number of hydrogen-bond acceptors (Lipinski definition) is 6. The maximum Gasteiger partial charge on any atom is 0.414 e. The number of halogens is 2. The van der Waals surface area contributed by atoms with Gasteiger partial charge in [-0.2, -0.15) is 0 Å². The molecule has 34 heavy (non-hydrogen) atoms. The van der Waals surface area contributed by atoms with Crippen LogP contribution >= 0.6 is 0 Å². The average molecular weight is 468 g/mol. The number of aromatic nitrogens is 3. The van der Waals surface area contributed by atoms with E-state index in [9.17, 15) is 14.0 Å². The normalized spacial score (nSPS) is 18.4. The fourth-order valence-electron chi connectivity index (χ4n) is 4.21. The van der Waals surface area contributed by atoms with Crippen LogP contribution in [0.25, 0.3) is 0 Å². The van der Waals surface area contributed by atoms with Gasteiger partial charge in [-0.1, -0.05) is 5.21 Å². The summed E-state index contributed by atoms with van der Waals surface area (Å²) in [6, 6.07) is 10.1. The molecule has 2 aliphatic rings. The first kappa shape index (κ1) is 21.8. The highest BCUT2D eigenvalue weighted by Gasteiger charge is 2.33. The molecule has 0 radical (unpaired) electrons. The second kappa shape index (κ2) is 9.08. The molecule has 0 N–H and O–H groups in total. The Labute approximate surface area is 194 Å². The minimum Gasteiger partial charge on any atom is -0.442 e. The lowest BCUT2D eigenvalue weighted by Crippen LogP contribution is -2.49. The van der Waals surface area contributed by atoms with Crippen molar-refractivity contribution >= 4 is 23.4 Å². The Balaban J connectivity index is 1.21. The lowest BCUT2D eigenvalue weighted by atomic mass is 10.1. The van der Waals surface area contributed by atoms with Gasteiger partial charge in [0, 0.05) is 37.9 Å². The maximum atomic E-state index is 15.0. The lowest BCUT2D eigenvalue weighted by molar-refractivity contribution is 0.0746. The number of hydrogen-bond donors (Lipinski definition) is 0. The summed E-state index contributed by atoms with van der Waals surface area (Å²) >= 11 is 0. The third-order valence-corrected chi connectivity index (χ3v) is 5.98. The van der Waals surface area contributed by atoms with Gasteiger partial charge in [-0.15, -0.1) is 5.10 Å². The van der Waals surface area contributed by atoms with Crippen LogP contribution in [-0.4, -0.2) is 70.7 Å². The van der Waals surface area contributed by atoms with E-state index >= 15 is 4.39 Å². The topological polar surface area (TPSA) is 83.8 Å². The molecule has 0 saturated carbocycles. The number of piperazine rings is 1. The Bertz CT molecular complexity index is 1180. The summed E-state index contributed by atoms with van der Waals surface area (Å²) in [5, 5.41) is 7.60. The summed E-state index contributed by atoms with van der Waals surface area (Å²) in [5.74, 6) is -1.03. The summed E-state index contributed by atoms with van der Waals surface area (Å²) in [6.45, 7) is 2.38. The van der Waals surface area contributed by atoms with Gasteiger partial charge in [0.05, 0.1) is 30.7 Å². The highest BCUT2D eigenvalue weighted by molar-refractivity contribution is 5.94. The van der Waals surface area contributed by atoms with Gasteiger partial charge in [-0.3, -0.25) is 9.69 Å². The predicted octanol–water partition coefficient (Wildman–Crippen LogP) is 2.54. The van der Waals surface area contributed by atoms with E-state index in [1.807, 2.05) is 4.90 Å². The fourth-order valence-corrected chi connectivity index (χ4v) is 4.21. The van der Waals surface area contributed by atoms with Crippen molar-refractivity contribution in [2.45, 2.75) is 12.6 Å². The highest BCUT2D eigenvalue weighted by Crippen LogP contribution is 2.29. The second-order valence-electron chi connectivity index (χ2n) is 8.16. The number of ether oxygens (including phenoxy) is 1. The number of nitrogens with zero attached hydrogens (tertiary/aromatic N) is 6. The van der Waals surface area contributed by atoms with E-state index in [0.717, 1.165) is 0 Å². The predicted molar refractivity (Wildman–Crippen MR) is 119 cm³/mol. The molecule has 9 nitrogen and oxygen atoms in total. The first-order chi connectivity index (χ1) is 16.5. The highest BCUT2D eigenvalue weighted by atomic mass is 19.1.